The molecule has 0 unspecified atom stereocenters. The molecule has 1 aromatic rings. The maximum Gasteiger partial charge on any atom is 0.0960 e. The van der Waals surface area contributed by atoms with E-state index in [1.54, 1.807) is 0 Å². The Morgan fingerprint density at radius 1 is 1.55 bits per heavy atom. The number of halogens is 1. The third-order valence-electron chi connectivity index (χ3n) is 1.15. The highest BCUT2D eigenvalue weighted by molar-refractivity contribution is 14.1. The number of aromatic nitrogens is 1. The Balaban J connectivity index is 2.52. The smallest absolute Gasteiger partial charge is 0.0960 e. The summed E-state index contributed by atoms with van der Waals surface area (Å²) in [7, 11) is 0. The summed E-state index contributed by atoms with van der Waals surface area (Å²) in [5.74, 6) is 1.16. The molecule has 0 aliphatic carbocycles. The second-order valence-corrected chi connectivity index (χ2v) is 4.52. The molecule has 0 radical (unpaired) electrons. The zero-order valence-corrected chi connectivity index (χ0v) is 9.35. The first-order valence-corrected chi connectivity index (χ1v) is 5.63. The van der Waals surface area contributed by atoms with Crippen molar-refractivity contribution in [2.24, 2.45) is 0 Å². The minimum Gasteiger partial charge on any atom is -0.249 e. The molecule has 0 N–H and O–H groups in total. The summed E-state index contributed by atoms with van der Waals surface area (Å²) in [6.45, 7) is 2.18. The van der Waals surface area contributed by atoms with E-state index < -0.39 is 0 Å². The molecular formula is C8H10INS. The quantitative estimate of drug-likeness (QED) is 0.622. The van der Waals surface area contributed by atoms with Crippen LogP contribution in [0.15, 0.2) is 23.4 Å². The highest BCUT2D eigenvalue weighted by atomic mass is 127. The van der Waals surface area contributed by atoms with Crippen LogP contribution >= 0.6 is 34.4 Å². The van der Waals surface area contributed by atoms with Crippen LogP contribution in [-0.4, -0.2) is 10.7 Å². The van der Waals surface area contributed by atoms with E-state index >= 15 is 0 Å². The zero-order valence-electron chi connectivity index (χ0n) is 6.38. The van der Waals surface area contributed by atoms with Crippen molar-refractivity contribution in [2.45, 2.75) is 18.4 Å². The predicted octanol–water partition coefficient (Wildman–Crippen LogP) is 3.19. The van der Waals surface area contributed by atoms with Crippen molar-refractivity contribution in [3.05, 3.63) is 21.9 Å². The lowest BCUT2D eigenvalue weighted by molar-refractivity contribution is 1.08. The molecular weight excluding hydrogens is 269 g/mol. The van der Waals surface area contributed by atoms with Crippen LogP contribution in [0, 0.1) is 3.57 Å². The number of thioether (sulfide) groups is 1. The van der Waals surface area contributed by atoms with Crippen LogP contribution in [0.2, 0.25) is 0 Å². The van der Waals surface area contributed by atoms with Gasteiger partial charge in [0.15, 0.2) is 0 Å². The fraction of sp³-hybridized carbons (Fsp3) is 0.375. The number of hydrogen-bond donors (Lipinski definition) is 0. The van der Waals surface area contributed by atoms with Gasteiger partial charge in [0.1, 0.15) is 0 Å². The monoisotopic (exact) mass is 279 g/mol. The molecule has 0 spiro atoms. The van der Waals surface area contributed by atoms with Gasteiger partial charge in [0.05, 0.1) is 5.03 Å². The van der Waals surface area contributed by atoms with Crippen molar-refractivity contribution in [2.75, 3.05) is 5.75 Å². The van der Waals surface area contributed by atoms with Crippen LogP contribution in [0.3, 0.4) is 0 Å². The van der Waals surface area contributed by atoms with Gasteiger partial charge in [-0.3, -0.25) is 0 Å². The first-order valence-electron chi connectivity index (χ1n) is 3.57. The van der Waals surface area contributed by atoms with E-state index in [0.29, 0.717) is 0 Å². The van der Waals surface area contributed by atoms with Gasteiger partial charge in [-0.2, -0.15) is 0 Å². The van der Waals surface area contributed by atoms with E-state index in [0.717, 1.165) is 10.8 Å². The fourth-order valence-corrected chi connectivity index (χ4v) is 1.68. The lowest BCUT2D eigenvalue weighted by Gasteiger charge is -1.97. The fourth-order valence-electron chi connectivity index (χ4n) is 0.654. The van der Waals surface area contributed by atoms with Crippen LogP contribution in [-0.2, 0) is 0 Å². The van der Waals surface area contributed by atoms with E-state index in [2.05, 4.69) is 46.6 Å². The van der Waals surface area contributed by atoms with Crippen molar-refractivity contribution in [3.63, 3.8) is 0 Å². The van der Waals surface area contributed by atoms with Gasteiger partial charge < -0.3 is 0 Å². The Kier molecular flexibility index (Phi) is 4.22. The maximum atomic E-state index is 4.27. The molecule has 1 nitrogen and oxygen atoms in total. The molecule has 0 atom stereocenters. The van der Waals surface area contributed by atoms with Crippen molar-refractivity contribution in [1.29, 1.82) is 0 Å². The van der Waals surface area contributed by atoms with Crippen LogP contribution < -0.4 is 0 Å². The molecule has 11 heavy (non-hydrogen) atoms. The highest BCUT2D eigenvalue weighted by Crippen LogP contribution is 2.16. The van der Waals surface area contributed by atoms with Gasteiger partial charge in [-0.1, -0.05) is 6.92 Å². The van der Waals surface area contributed by atoms with E-state index in [1.807, 2.05) is 18.0 Å². The molecule has 0 saturated carbocycles. The summed E-state index contributed by atoms with van der Waals surface area (Å²) in [6.07, 6.45) is 3.11. The molecule has 0 aliphatic rings. The maximum absolute atomic E-state index is 4.27. The van der Waals surface area contributed by atoms with Crippen molar-refractivity contribution < 1.29 is 0 Å². The average Bonchev–Trinajstić information content (AvgIpc) is 2.04. The summed E-state index contributed by atoms with van der Waals surface area (Å²) in [6, 6.07) is 4.16. The largest absolute Gasteiger partial charge is 0.249 e. The third kappa shape index (κ3) is 3.42. The summed E-state index contributed by atoms with van der Waals surface area (Å²) < 4.78 is 1.20. The Bertz CT molecular complexity index is 210. The predicted molar refractivity (Wildman–Crippen MR) is 58.0 cm³/mol. The van der Waals surface area contributed by atoms with Gasteiger partial charge in [-0.25, -0.2) is 4.98 Å². The molecule has 3 heteroatoms. The molecule has 0 aliphatic heterocycles. The molecule has 1 rings (SSSR count). The summed E-state index contributed by atoms with van der Waals surface area (Å²) >= 11 is 4.08. The van der Waals surface area contributed by atoms with Crippen LogP contribution in [0.5, 0.6) is 0 Å². The topological polar surface area (TPSA) is 12.9 Å². The molecule has 60 valence electrons. The Morgan fingerprint density at radius 2 is 2.36 bits per heavy atom. The molecule has 0 fully saturated rings. The molecule has 0 bridgehead atoms. The summed E-state index contributed by atoms with van der Waals surface area (Å²) in [5, 5.41) is 1.13. The van der Waals surface area contributed by atoms with Gasteiger partial charge in [0.2, 0.25) is 0 Å². The van der Waals surface area contributed by atoms with E-state index in [9.17, 15) is 0 Å². The summed E-state index contributed by atoms with van der Waals surface area (Å²) in [5.41, 5.74) is 0. The van der Waals surface area contributed by atoms with Gasteiger partial charge in [0, 0.05) is 9.77 Å². The standard InChI is InChI=1S/C8H10INS/c1-2-5-11-8-4-3-7(9)6-10-8/h3-4,6H,2,5H2,1H3. The van der Waals surface area contributed by atoms with Crippen LogP contribution in [0.1, 0.15) is 13.3 Å². The highest BCUT2D eigenvalue weighted by Gasteiger charge is 1.92. The first kappa shape index (κ1) is 9.32. The Hall–Kier alpha value is 0.230. The Labute approximate surface area is 85.1 Å². The van der Waals surface area contributed by atoms with Gasteiger partial charge in [-0.05, 0) is 46.9 Å². The second kappa shape index (κ2) is 4.98. The Morgan fingerprint density at radius 3 is 2.91 bits per heavy atom. The molecule has 1 aromatic heterocycles. The van der Waals surface area contributed by atoms with Crippen molar-refractivity contribution in [3.8, 4) is 0 Å². The minimum absolute atomic E-state index is 1.13. The van der Waals surface area contributed by atoms with Gasteiger partial charge >= 0.3 is 0 Å². The first-order chi connectivity index (χ1) is 5.33. The van der Waals surface area contributed by atoms with Crippen molar-refractivity contribution in [1.82, 2.24) is 4.98 Å². The number of rotatable bonds is 3. The average molecular weight is 279 g/mol. The van der Waals surface area contributed by atoms with Gasteiger partial charge in [0.25, 0.3) is 0 Å². The normalized spacial score (nSPS) is 10.0. The van der Waals surface area contributed by atoms with E-state index in [1.165, 1.54) is 9.99 Å². The number of nitrogens with zero attached hydrogens (tertiary/aromatic N) is 1. The van der Waals surface area contributed by atoms with E-state index in [4.69, 9.17) is 0 Å². The molecule has 0 saturated heterocycles. The van der Waals surface area contributed by atoms with Crippen molar-refractivity contribution >= 4 is 34.4 Å². The summed E-state index contributed by atoms with van der Waals surface area (Å²) in [4.78, 5) is 4.27. The third-order valence-corrected chi connectivity index (χ3v) is 2.94. The lowest BCUT2D eigenvalue weighted by Crippen LogP contribution is -1.81. The molecule has 1 heterocycles. The lowest BCUT2D eigenvalue weighted by atomic mass is 10.5. The molecule has 0 amide bonds. The number of pyridine rings is 1. The number of hydrogen-bond acceptors (Lipinski definition) is 2. The van der Waals surface area contributed by atoms with Crippen LogP contribution in [0.25, 0.3) is 0 Å². The second-order valence-electron chi connectivity index (χ2n) is 2.16. The van der Waals surface area contributed by atoms with E-state index in [-0.39, 0.29) is 0 Å². The SMILES string of the molecule is CCCSc1ccc(I)cn1. The minimum atomic E-state index is 1.13. The molecule has 0 aromatic carbocycles. The van der Waals surface area contributed by atoms with Gasteiger partial charge in [-0.15, -0.1) is 11.8 Å². The zero-order chi connectivity index (χ0) is 8.10. The van der Waals surface area contributed by atoms with Crippen LogP contribution in [0.4, 0.5) is 0 Å².